The lowest BCUT2D eigenvalue weighted by Crippen LogP contribution is -2.66. The van der Waals surface area contributed by atoms with Crippen LogP contribution in [-0.2, 0) is 19.1 Å². The minimum absolute atomic E-state index is 0.0185. The zero-order chi connectivity index (χ0) is 36.9. The Bertz CT molecular complexity index is 1460. The molecular weight excluding hydrogens is 636 g/mol. The standard InChI is InChI=1S/C44H70N2O5/c1-26(2)35-31(47)24-44(20-22-45-25-27-11-10-21-46-27)19-18-42(8)28(36(35)44)12-13-33-41(7)16-15-34(40(5,6)32(41)14-17-43(33,42)9)51-38(50)30-23-29(37(48)49)39(30,3)4/h26-30,32-34,45-46H,10-25H2,1-9H3,(H,48,49)/t27-,28+,29-,30+,32-,33+,34-,41-,42+,43+,44+/m0/s1. The van der Waals surface area contributed by atoms with E-state index in [4.69, 9.17) is 4.74 Å². The third kappa shape index (κ3) is 5.48. The number of aliphatic carboxylic acids is 1. The minimum Gasteiger partial charge on any atom is -0.481 e. The number of ether oxygens (including phenoxy) is 1. The molecule has 51 heavy (non-hydrogen) atoms. The van der Waals surface area contributed by atoms with Gasteiger partial charge in [0.25, 0.3) is 0 Å². The summed E-state index contributed by atoms with van der Waals surface area (Å²) in [5.74, 6) is 0.389. The van der Waals surface area contributed by atoms with Crippen molar-refractivity contribution < 1.29 is 24.2 Å². The maximum absolute atomic E-state index is 14.0. The van der Waals surface area contributed by atoms with Crippen molar-refractivity contribution in [1.82, 2.24) is 10.6 Å². The molecule has 0 aromatic heterocycles. The van der Waals surface area contributed by atoms with Crippen LogP contribution in [0.5, 0.6) is 0 Å². The number of Topliss-reactive ketones (excluding diaryl/α,β-unsaturated/α-hetero) is 1. The molecule has 0 aromatic carbocycles. The highest BCUT2D eigenvalue weighted by molar-refractivity contribution is 6.00. The summed E-state index contributed by atoms with van der Waals surface area (Å²) in [6.45, 7) is 24.1. The van der Waals surface area contributed by atoms with E-state index in [0.29, 0.717) is 36.0 Å². The van der Waals surface area contributed by atoms with Crippen LogP contribution in [0.15, 0.2) is 11.1 Å². The van der Waals surface area contributed by atoms with Crippen LogP contribution >= 0.6 is 0 Å². The molecule has 1 heterocycles. The molecule has 5 saturated carbocycles. The summed E-state index contributed by atoms with van der Waals surface area (Å²) in [5.41, 5.74) is 2.56. The summed E-state index contributed by atoms with van der Waals surface area (Å²) in [5, 5.41) is 17.1. The van der Waals surface area contributed by atoms with E-state index < -0.39 is 17.3 Å². The summed E-state index contributed by atoms with van der Waals surface area (Å²) >= 11 is 0. The van der Waals surface area contributed by atoms with E-state index in [1.165, 1.54) is 44.1 Å². The van der Waals surface area contributed by atoms with Crippen molar-refractivity contribution >= 4 is 17.7 Å². The summed E-state index contributed by atoms with van der Waals surface area (Å²) in [7, 11) is 0. The van der Waals surface area contributed by atoms with Gasteiger partial charge in [0.1, 0.15) is 6.10 Å². The number of esters is 1. The highest BCUT2D eigenvalue weighted by atomic mass is 16.5. The molecule has 3 N–H and O–H groups in total. The number of ketones is 1. The molecule has 286 valence electrons. The Balaban J connectivity index is 1.11. The maximum Gasteiger partial charge on any atom is 0.309 e. The van der Waals surface area contributed by atoms with Gasteiger partial charge in [-0.2, -0.15) is 0 Å². The third-order valence-corrected chi connectivity index (χ3v) is 18.0. The number of carboxylic acids is 1. The van der Waals surface area contributed by atoms with Crippen molar-refractivity contribution in [3.63, 3.8) is 0 Å². The first-order valence-corrected chi connectivity index (χ1v) is 21.0. The van der Waals surface area contributed by atoms with Gasteiger partial charge in [-0.05, 0) is 141 Å². The predicted octanol–water partition coefficient (Wildman–Crippen LogP) is 8.36. The molecule has 0 bridgehead atoms. The molecule has 0 amide bonds. The second-order valence-corrected chi connectivity index (χ2v) is 21.0. The Morgan fingerprint density at radius 1 is 0.882 bits per heavy atom. The lowest BCUT2D eigenvalue weighted by atomic mass is 9.33. The number of allylic oxidation sites excluding steroid dienone is 2. The lowest BCUT2D eigenvalue weighted by molar-refractivity contribution is -0.236. The topological polar surface area (TPSA) is 105 Å². The Morgan fingerprint density at radius 3 is 2.27 bits per heavy atom. The first-order chi connectivity index (χ1) is 23.8. The van der Waals surface area contributed by atoms with Crippen LogP contribution < -0.4 is 10.6 Å². The van der Waals surface area contributed by atoms with Gasteiger partial charge < -0.3 is 20.5 Å². The molecule has 0 radical (unpaired) electrons. The fraction of sp³-hybridized carbons (Fsp3) is 0.886. The van der Waals surface area contributed by atoms with Crippen molar-refractivity contribution in [3.05, 3.63) is 11.1 Å². The quantitative estimate of drug-likeness (QED) is 0.164. The second-order valence-electron chi connectivity index (χ2n) is 21.0. The van der Waals surface area contributed by atoms with E-state index in [2.05, 4.69) is 59.1 Å². The lowest BCUT2D eigenvalue weighted by Gasteiger charge is -2.72. The fourth-order valence-electron chi connectivity index (χ4n) is 14.7. The normalized spacial score (nSPS) is 45.4. The molecule has 6 aliphatic carbocycles. The third-order valence-electron chi connectivity index (χ3n) is 18.0. The van der Waals surface area contributed by atoms with Crippen LogP contribution in [0.1, 0.15) is 146 Å². The summed E-state index contributed by atoms with van der Waals surface area (Å²) in [4.78, 5) is 39.3. The molecule has 11 atom stereocenters. The first kappa shape index (κ1) is 37.6. The summed E-state index contributed by atoms with van der Waals surface area (Å²) < 4.78 is 6.43. The molecular formula is C44H70N2O5. The van der Waals surface area contributed by atoms with Crippen molar-refractivity contribution in [3.8, 4) is 0 Å². The molecule has 1 aliphatic heterocycles. The fourth-order valence-corrected chi connectivity index (χ4v) is 14.7. The van der Waals surface area contributed by atoms with E-state index in [1.807, 2.05) is 13.8 Å². The highest BCUT2D eigenvalue weighted by Gasteiger charge is 2.70. The Morgan fingerprint density at radius 2 is 1.63 bits per heavy atom. The van der Waals surface area contributed by atoms with E-state index >= 15 is 0 Å². The number of fused-ring (bicyclic) bond motifs is 7. The zero-order valence-corrected chi connectivity index (χ0v) is 33.5. The van der Waals surface area contributed by atoms with Gasteiger partial charge in [-0.15, -0.1) is 0 Å². The molecule has 0 aromatic rings. The first-order valence-electron chi connectivity index (χ1n) is 21.0. The van der Waals surface area contributed by atoms with E-state index in [1.54, 1.807) is 5.57 Å². The largest absolute Gasteiger partial charge is 0.481 e. The van der Waals surface area contributed by atoms with Gasteiger partial charge in [-0.25, -0.2) is 0 Å². The number of carboxylic acid groups (broad SMARTS) is 1. The van der Waals surface area contributed by atoms with Crippen LogP contribution in [0.3, 0.4) is 0 Å². The van der Waals surface area contributed by atoms with Crippen LogP contribution in [0, 0.1) is 68.0 Å². The van der Waals surface area contributed by atoms with Gasteiger partial charge in [-0.1, -0.05) is 67.9 Å². The predicted molar refractivity (Wildman–Crippen MR) is 201 cm³/mol. The van der Waals surface area contributed by atoms with E-state index in [-0.39, 0.29) is 51.0 Å². The second kappa shape index (κ2) is 12.7. The zero-order valence-electron chi connectivity index (χ0n) is 33.5. The van der Waals surface area contributed by atoms with Crippen LogP contribution in [-0.4, -0.2) is 54.6 Å². The molecule has 7 heteroatoms. The summed E-state index contributed by atoms with van der Waals surface area (Å²) in [6.07, 6.45) is 13.6. The van der Waals surface area contributed by atoms with Crippen molar-refractivity contribution in [2.24, 2.45) is 68.0 Å². The highest BCUT2D eigenvalue weighted by Crippen LogP contribution is 2.77. The molecule has 0 unspecified atom stereocenters. The Hall–Kier alpha value is -1.73. The number of nitrogens with one attached hydrogen (secondary N) is 2. The van der Waals surface area contributed by atoms with Gasteiger partial charge in [0.05, 0.1) is 11.8 Å². The molecule has 7 rings (SSSR count). The van der Waals surface area contributed by atoms with Gasteiger partial charge in [0.2, 0.25) is 0 Å². The number of hydrogen-bond acceptors (Lipinski definition) is 6. The average Bonchev–Trinajstić information content (AvgIpc) is 3.66. The molecule has 7 nitrogen and oxygen atoms in total. The van der Waals surface area contributed by atoms with Crippen LogP contribution in [0.4, 0.5) is 0 Å². The number of carbonyl (C=O) groups is 3. The Labute approximate surface area is 308 Å². The Kier molecular flexibility index (Phi) is 9.34. The van der Waals surface area contributed by atoms with Gasteiger partial charge in [-0.3, -0.25) is 14.4 Å². The van der Waals surface area contributed by atoms with Crippen molar-refractivity contribution in [1.29, 1.82) is 0 Å². The minimum atomic E-state index is -0.810. The van der Waals surface area contributed by atoms with E-state index in [9.17, 15) is 19.5 Å². The number of hydrogen-bond donors (Lipinski definition) is 3. The van der Waals surface area contributed by atoms with E-state index in [0.717, 1.165) is 58.2 Å². The van der Waals surface area contributed by atoms with Crippen LogP contribution in [0.2, 0.25) is 0 Å². The van der Waals surface area contributed by atoms with Crippen LogP contribution in [0.25, 0.3) is 0 Å². The van der Waals surface area contributed by atoms with Gasteiger partial charge >= 0.3 is 11.9 Å². The molecule has 1 saturated heterocycles. The SMILES string of the molecule is CC(C)C1=C2[C@H]3CC[C@@H]4[C@@]5(C)CC[C@H](OC(=O)[C@H]6C[C@@H](C(=O)O)C6(C)C)C(C)(C)[C@@H]5CC[C@@]4(C)[C@]3(C)CC[C@@]2(CCNC[C@@H]2CCCN2)CC1=O. The number of carbonyl (C=O) groups excluding carboxylic acids is 2. The van der Waals surface area contributed by atoms with Crippen molar-refractivity contribution in [2.75, 3.05) is 19.6 Å². The molecule has 7 aliphatic rings. The van der Waals surface area contributed by atoms with Gasteiger partial charge in [0, 0.05) is 29.8 Å². The average molecular weight is 707 g/mol. The van der Waals surface area contributed by atoms with Gasteiger partial charge in [0.15, 0.2) is 5.78 Å². The maximum atomic E-state index is 14.0. The smallest absolute Gasteiger partial charge is 0.309 e. The van der Waals surface area contributed by atoms with Crippen molar-refractivity contribution in [2.45, 2.75) is 158 Å². The molecule has 6 fully saturated rings. The summed E-state index contributed by atoms with van der Waals surface area (Å²) in [6, 6.07) is 0.587. The number of rotatable bonds is 9. The molecule has 0 spiro atoms. The monoisotopic (exact) mass is 707 g/mol.